The molecule has 2 heterocycles. The van der Waals surface area contributed by atoms with Gasteiger partial charge in [0.15, 0.2) is 5.82 Å². The Bertz CT molecular complexity index is 954. The first kappa shape index (κ1) is 17.7. The van der Waals surface area contributed by atoms with Crippen molar-refractivity contribution in [2.45, 2.75) is 13.5 Å². The Kier molecular flexibility index (Phi) is 4.94. The third-order valence-corrected chi connectivity index (χ3v) is 5.31. The second-order valence-corrected chi connectivity index (χ2v) is 7.63. The van der Waals surface area contributed by atoms with Crippen molar-refractivity contribution in [3.63, 3.8) is 0 Å². The summed E-state index contributed by atoms with van der Waals surface area (Å²) in [5, 5.41) is 0. The third-order valence-electron chi connectivity index (χ3n) is 4.78. The van der Waals surface area contributed by atoms with E-state index in [-0.39, 0.29) is 5.91 Å². The Morgan fingerprint density at radius 1 is 1.04 bits per heavy atom. The maximum Gasteiger partial charge on any atom is 0.258 e. The lowest BCUT2D eigenvalue weighted by atomic mass is 10.1. The second kappa shape index (κ2) is 7.53. The molecule has 1 aromatic heterocycles. The monoisotopic (exact) mass is 421 g/mol. The molecule has 1 amide bonds. The Balaban J connectivity index is 1.62. The summed E-state index contributed by atoms with van der Waals surface area (Å²) in [6.07, 6.45) is 1.79. The summed E-state index contributed by atoms with van der Waals surface area (Å²) in [5.41, 5.74) is 4.04. The zero-order valence-corrected chi connectivity index (χ0v) is 16.7. The van der Waals surface area contributed by atoms with Crippen LogP contribution >= 0.6 is 15.9 Å². The van der Waals surface area contributed by atoms with Crippen LogP contribution in [0.2, 0.25) is 0 Å². The predicted octanol–water partition coefficient (Wildman–Crippen LogP) is 4.82. The van der Waals surface area contributed by atoms with Gasteiger partial charge in [0.1, 0.15) is 0 Å². The molecule has 0 fully saturated rings. The van der Waals surface area contributed by atoms with E-state index in [2.05, 4.69) is 57.0 Å². The average Bonchev–Trinajstić information content (AvgIpc) is 2.70. The van der Waals surface area contributed by atoms with Crippen LogP contribution in [-0.2, 0) is 6.54 Å². The van der Waals surface area contributed by atoms with Crippen molar-refractivity contribution in [2.75, 3.05) is 22.9 Å². The summed E-state index contributed by atoms with van der Waals surface area (Å²) in [6.45, 7) is 4.26. The number of amides is 1. The molecule has 136 valence electrons. The van der Waals surface area contributed by atoms with Crippen LogP contribution in [0.4, 0.5) is 11.5 Å². The quantitative estimate of drug-likeness (QED) is 0.607. The van der Waals surface area contributed by atoms with Gasteiger partial charge >= 0.3 is 0 Å². The fourth-order valence-electron chi connectivity index (χ4n) is 3.32. The predicted molar refractivity (Wildman–Crippen MR) is 112 cm³/mol. The van der Waals surface area contributed by atoms with E-state index in [0.29, 0.717) is 12.1 Å². The van der Waals surface area contributed by atoms with Crippen LogP contribution in [0, 0.1) is 6.92 Å². The maximum absolute atomic E-state index is 13.0. The van der Waals surface area contributed by atoms with E-state index < -0.39 is 0 Å². The molecule has 4 rings (SSSR count). The van der Waals surface area contributed by atoms with E-state index in [1.807, 2.05) is 41.3 Å². The maximum atomic E-state index is 13.0. The van der Waals surface area contributed by atoms with Gasteiger partial charge in [0.05, 0.1) is 5.69 Å². The number of aromatic nitrogens is 1. The summed E-state index contributed by atoms with van der Waals surface area (Å²) in [4.78, 5) is 21.7. The number of nitrogens with zero attached hydrogens (tertiary/aromatic N) is 3. The first-order valence-corrected chi connectivity index (χ1v) is 9.74. The normalized spacial score (nSPS) is 13.4. The molecule has 2 aromatic carbocycles. The topological polar surface area (TPSA) is 36.4 Å². The van der Waals surface area contributed by atoms with Gasteiger partial charge in [-0.25, -0.2) is 4.98 Å². The van der Waals surface area contributed by atoms with Crippen molar-refractivity contribution >= 4 is 33.3 Å². The Hall–Kier alpha value is -2.66. The van der Waals surface area contributed by atoms with E-state index in [1.165, 1.54) is 11.1 Å². The smallest absolute Gasteiger partial charge is 0.258 e. The molecule has 0 saturated heterocycles. The molecule has 0 spiro atoms. The van der Waals surface area contributed by atoms with Gasteiger partial charge in [-0.2, -0.15) is 0 Å². The number of aryl methyl sites for hydroxylation is 1. The van der Waals surface area contributed by atoms with Gasteiger partial charge in [-0.1, -0.05) is 45.8 Å². The second-order valence-electron chi connectivity index (χ2n) is 6.72. The van der Waals surface area contributed by atoms with Crippen LogP contribution < -0.4 is 9.80 Å². The Labute approximate surface area is 167 Å². The van der Waals surface area contributed by atoms with Gasteiger partial charge in [0, 0.05) is 35.9 Å². The Morgan fingerprint density at radius 2 is 1.78 bits per heavy atom. The summed E-state index contributed by atoms with van der Waals surface area (Å²) in [7, 11) is 0. The lowest BCUT2D eigenvalue weighted by molar-refractivity contribution is 0.0986. The molecule has 0 radical (unpaired) electrons. The highest BCUT2D eigenvalue weighted by molar-refractivity contribution is 9.10. The van der Waals surface area contributed by atoms with E-state index in [1.54, 1.807) is 6.20 Å². The minimum Gasteiger partial charge on any atom is -0.349 e. The van der Waals surface area contributed by atoms with Gasteiger partial charge in [0.25, 0.3) is 5.91 Å². The van der Waals surface area contributed by atoms with Crippen molar-refractivity contribution in [3.8, 4) is 0 Å². The number of halogens is 1. The van der Waals surface area contributed by atoms with Crippen LogP contribution in [0.25, 0.3) is 0 Å². The van der Waals surface area contributed by atoms with Crippen molar-refractivity contribution in [3.05, 3.63) is 88.0 Å². The number of anilines is 2. The molecule has 0 N–H and O–H groups in total. The fourth-order valence-corrected chi connectivity index (χ4v) is 3.58. The van der Waals surface area contributed by atoms with E-state index in [9.17, 15) is 4.79 Å². The molecule has 4 nitrogen and oxygen atoms in total. The number of carbonyl (C=O) groups excluding carboxylic acids is 1. The van der Waals surface area contributed by atoms with Crippen LogP contribution in [0.3, 0.4) is 0 Å². The molecule has 0 aliphatic carbocycles. The van der Waals surface area contributed by atoms with Crippen LogP contribution in [0.15, 0.2) is 71.3 Å². The van der Waals surface area contributed by atoms with Gasteiger partial charge in [-0.3, -0.25) is 4.79 Å². The van der Waals surface area contributed by atoms with Crippen LogP contribution in [0.5, 0.6) is 0 Å². The minimum atomic E-state index is 0.00624. The van der Waals surface area contributed by atoms with Crippen molar-refractivity contribution < 1.29 is 4.79 Å². The summed E-state index contributed by atoms with van der Waals surface area (Å²) < 4.78 is 0.962. The highest BCUT2D eigenvalue weighted by atomic mass is 79.9. The molecule has 1 aliphatic rings. The summed E-state index contributed by atoms with van der Waals surface area (Å²) in [5.74, 6) is 0.863. The third kappa shape index (κ3) is 3.74. The number of rotatable bonds is 3. The van der Waals surface area contributed by atoms with Crippen molar-refractivity contribution in [1.29, 1.82) is 0 Å². The standard InChI is InChI=1S/C22H20BrN3O/c1-16-4-6-17(7-5-16)15-25-13-14-26(20-3-2-12-24-21(20)25)22(27)18-8-10-19(23)11-9-18/h2-12H,13-15H2,1H3. The lowest BCUT2D eigenvalue weighted by Crippen LogP contribution is -2.44. The summed E-state index contributed by atoms with van der Waals surface area (Å²) in [6, 6.07) is 19.9. The molecular weight excluding hydrogens is 402 g/mol. The molecule has 1 aliphatic heterocycles. The van der Waals surface area contributed by atoms with E-state index in [0.717, 1.165) is 29.1 Å². The first-order chi connectivity index (χ1) is 13.1. The number of carbonyl (C=O) groups is 1. The molecule has 0 bridgehead atoms. The average molecular weight is 422 g/mol. The zero-order chi connectivity index (χ0) is 18.8. The van der Waals surface area contributed by atoms with E-state index >= 15 is 0 Å². The van der Waals surface area contributed by atoms with Gasteiger partial charge in [0.2, 0.25) is 0 Å². The lowest BCUT2D eigenvalue weighted by Gasteiger charge is -2.36. The number of fused-ring (bicyclic) bond motifs is 1. The van der Waals surface area contributed by atoms with E-state index in [4.69, 9.17) is 0 Å². The number of hydrogen-bond acceptors (Lipinski definition) is 3. The molecule has 0 unspecified atom stereocenters. The highest BCUT2D eigenvalue weighted by Gasteiger charge is 2.28. The van der Waals surface area contributed by atoms with Crippen molar-refractivity contribution in [2.24, 2.45) is 0 Å². The van der Waals surface area contributed by atoms with Gasteiger partial charge in [-0.15, -0.1) is 0 Å². The first-order valence-electron chi connectivity index (χ1n) is 8.95. The number of hydrogen-bond donors (Lipinski definition) is 0. The largest absolute Gasteiger partial charge is 0.349 e. The zero-order valence-electron chi connectivity index (χ0n) is 15.1. The Morgan fingerprint density at radius 3 is 2.52 bits per heavy atom. The number of benzene rings is 2. The van der Waals surface area contributed by atoms with Gasteiger partial charge in [-0.05, 0) is 48.9 Å². The molecule has 5 heteroatoms. The summed E-state index contributed by atoms with van der Waals surface area (Å²) >= 11 is 3.42. The number of pyridine rings is 1. The molecular formula is C22H20BrN3O. The molecule has 3 aromatic rings. The molecule has 0 saturated carbocycles. The van der Waals surface area contributed by atoms with Gasteiger partial charge < -0.3 is 9.80 Å². The van der Waals surface area contributed by atoms with Crippen LogP contribution in [0.1, 0.15) is 21.5 Å². The molecule has 27 heavy (non-hydrogen) atoms. The molecule has 0 atom stereocenters. The fraction of sp³-hybridized carbons (Fsp3) is 0.182. The van der Waals surface area contributed by atoms with Crippen LogP contribution in [-0.4, -0.2) is 24.0 Å². The highest BCUT2D eigenvalue weighted by Crippen LogP contribution is 2.32. The van der Waals surface area contributed by atoms with Crippen molar-refractivity contribution in [1.82, 2.24) is 4.98 Å². The minimum absolute atomic E-state index is 0.00624. The SMILES string of the molecule is Cc1ccc(CN2CCN(C(=O)c3ccc(Br)cc3)c3cccnc32)cc1.